The fraction of sp³-hybridized carbons (Fsp3) is 0.533. The number of fused-ring (bicyclic) bond motifs is 1. The molecule has 2 atom stereocenters. The molecule has 0 radical (unpaired) electrons. The normalized spacial score (nSPS) is 20.8. The Labute approximate surface area is 240 Å². The van der Waals surface area contributed by atoms with Crippen molar-refractivity contribution in [3.63, 3.8) is 0 Å². The molecule has 0 aliphatic carbocycles. The number of thioether (sulfide) groups is 1. The predicted molar refractivity (Wildman–Crippen MR) is 154 cm³/mol. The van der Waals surface area contributed by atoms with Gasteiger partial charge in [0, 0.05) is 25.9 Å². The average molecular weight is 570 g/mol. The summed E-state index contributed by atoms with van der Waals surface area (Å²) >= 11 is 1.44. The van der Waals surface area contributed by atoms with E-state index in [4.69, 9.17) is 19.2 Å². The molecule has 0 aromatic heterocycles. The predicted octanol–water partition coefficient (Wildman–Crippen LogP) is 4.77. The molecule has 3 aliphatic rings. The minimum Gasteiger partial charge on any atom is -0.466 e. The Morgan fingerprint density at radius 3 is 2.55 bits per heavy atom. The van der Waals surface area contributed by atoms with Crippen molar-refractivity contribution < 1.29 is 28.6 Å². The molecular weight excluding hydrogens is 530 g/mol. The van der Waals surface area contributed by atoms with Crippen LogP contribution < -0.4 is 0 Å². The van der Waals surface area contributed by atoms with Crippen LogP contribution in [0.15, 0.2) is 51.6 Å². The average Bonchev–Trinajstić information content (AvgIpc) is 3.34. The largest absolute Gasteiger partial charge is 0.466 e. The molecule has 1 aromatic carbocycles. The van der Waals surface area contributed by atoms with E-state index < -0.39 is 12.0 Å². The first-order valence-electron chi connectivity index (χ1n) is 13.9. The van der Waals surface area contributed by atoms with Gasteiger partial charge in [0.15, 0.2) is 5.17 Å². The zero-order valence-corrected chi connectivity index (χ0v) is 24.8. The van der Waals surface area contributed by atoms with Gasteiger partial charge in [0.25, 0.3) is 0 Å². The van der Waals surface area contributed by atoms with Crippen LogP contribution in [0.1, 0.15) is 70.0 Å². The number of allylic oxidation sites excluding steroid dienone is 1. The first-order chi connectivity index (χ1) is 19.2. The molecule has 1 saturated heterocycles. The van der Waals surface area contributed by atoms with Crippen molar-refractivity contribution in [2.24, 2.45) is 10.9 Å². The highest BCUT2D eigenvalue weighted by Crippen LogP contribution is 2.45. The number of carbonyl (C=O) groups is 3. The standard InChI is InChI=1S/C30H39N3O6S/c1-6-38-28(35)23-8-7-13-32(17-23)25(34)16-24-18-40-30-31-20(4)26(29(36)39-15-14-37-5)27(33(24)30)22-11-9-21(10-12-22)19(2)3/h9-12,18-19,23,27H,6-8,13-17H2,1-5H3. The Bertz CT molecular complexity index is 1210. The van der Waals surface area contributed by atoms with Gasteiger partial charge in [0.05, 0.1) is 42.9 Å². The van der Waals surface area contributed by atoms with Gasteiger partial charge >= 0.3 is 11.9 Å². The van der Waals surface area contributed by atoms with Crippen molar-refractivity contribution in [2.75, 3.05) is 40.0 Å². The number of nitrogens with zero attached hydrogens (tertiary/aromatic N) is 3. The second kappa shape index (κ2) is 13.5. The number of amidine groups is 1. The van der Waals surface area contributed by atoms with E-state index in [1.807, 2.05) is 29.4 Å². The van der Waals surface area contributed by atoms with Crippen molar-refractivity contribution in [2.45, 2.75) is 58.9 Å². The number of amides is 1. The summed E-state index contributed by atoms with van der Waals surface area (Å²) < 4.78 is 15.8. The summed E-state index contributed by atoms with van der Waals surface area (Å²) in [6.45, 7) is 9.60. The molecule has 4 rings (SSSR count). The summed E-state index contributed by atoms with van der Waals surface area (Å²) in [5.41, 5.74) is 3.91. The first kappa shape index (κ1) is 29.9. The van der Waals surface area contributed by atoms with Gasteiger partial charge < -0.3 is 24.0 Å². The topological polar surface area (TPSA) is 97.7 Å². The van der Waals surface area contributed by atoms with Crippen molar-refractivity contribution in [1.82, 2.24) is 9.80 Å². The third-order valence-electron chi connectivity index (χ3n) is 7.39. The Kier molecular flexibility index (Phi) is 10.1. The number of esters is 2. The SMILES string of the molecule is CCOC(=O)C1CCCN(C(=O)CC2=CSC3=NC(C)=C(C(=O)OCCOC)C(c4ccc(C(C)C)cc4)N23)C1. The van der Waals surface area contributed by atoms with E-state index in [0.717, 1.165) is 29.3 Å². The fourth-order valence-corrected chi connectivity index (χ4v) is 6.19. The van der Waals surface area contributed by atoms with Crippen LogP contribution in [-0.2, 0) is 28.6 Å². The van der Waals surface area contributed by atoms with E-state index in [-0.39, 0.29) is 30.8 Å². The third-order valence-corrected chi connectivity index (χ3v) is 8.28. The van der Waals surface area contributed by atoms with Gasteiger partial charge in [-0.1, -0.05) is 49.9 Å². The van der Waals surface area contributed by atoms with E-state index in [0.29, 0.717) is 43.5 Å². The zero-order chi connectivity index (χ0) is 28.8. The summed E-state index contributed by atoms with van der Waals surface area (Å²) in [7, 11) is 1.56. The lowest BCUT2D eigenvalue weighted by Gasteiger charge is -2.37. The highest BCUT2D eigenvalue weighted by Gasteiger charge is 2.42. The summed E-state index contributed by atoms with van der Waals surface area (Å²) in [5, 5.41) is 2.65. The second-order valence-electron chi connectivity index (χ2n) is 10.5. The first-order valence-corrected chi connectivity index (χ1v) is 14.8. The molecule has 1 amide bonds. The maximum atomic E-state index is 13.5. The van der Waals surface area contributed by atoms with Crippen LogP contribution in [0.5, 0.6) is 0 Å². The van der Waals surface area contributed by atoms with Gasteiger partial charge in [-0.05, 0) is 49.1 Å². The maximum Gasteiger partial charge on any atom is 0.338 e. The third kappa shape index (κ3) is 6.61. The number of benzene rings is 1. The van der Waals surface area contributed by atoms with Crippen LogP contribution >= 0.6 is 11.8 Å². The molecule has 1 fully saturated rings. The van der Waals surface area contributed by atoms with Crippen LogP contribution in [0.2, 0.25) is 0 Å². The molecule has 0 saturated carbocycles. The smallest absolute Gasteiger partial charge is 0.338 e. The summed E-state index contributed by atoms with van der Waals surface area (Å²) in [6.07, 6.45) is 1.61. The Morgan fingerprint density at radius 2 is 1.88 bits per heavy atom. The number of likely N-dealkylation sites (tertiary alicyclic amines) is 1. The van der Waals surface area contributed by atoms with E-state index in [1.165, 1.54) is 17.3 Å². The molecule has 0 N–H and O–H groups in total. The lowest BCUT2D eigenvalue weighted by Crippen LogP contribution is -2.44. The Morgan fingerprint density at radius 1 is 1.12 bits per heavy atom. The number of aliphatic imine (C=N–C) groups is 1. The zero-order valence-electron chi connectivity index (χ0n) is 24.0. The minimum atomic E-state index is -0.494. The summed E-state index contributed by atoms with van der Waals surface area (Å²) in [4.78, 5) is 47.7. The van der Waals surface area contributed by atoms with Gasteiger partial charge in [-0.2, -0.15) is 0 Å². The molecule has 3 aliphatic heterocycles. The van der Waals surface area contributed by atoms with Gasteiger partial charge in [-0.15, -0.1) is 0 Å². The van der Waals surface area contributed by atoms with Gasteiger partial charge in [-0.25, -0.2) is 9.79 Å². The van der Waals surface area contributed by atoms with E-state index in [1.54, 1.807) is 18.9 Å². The molecule has 2 unspecified atom stereocenters. The molecule has 216 valence electrons. The number of rotatable bonds is 10. The lowest BCUT2D eigenvalue weighted by atomic mass is 9.91. The van der Waals surface area contributed by atoms with E-state index in [9.17, 15) is 14.4 Å². The van der Waals surface area contributed by atoms with Crippen molar-refractivity contribution >= 4 is 34.8 Å². The van der Waals surface area contributed by atoms with Gasteiger partial charge in [0.1, 0.15) is 6.61 Å². The highest BCUT2D eigenvalue weighted by atomic mass is 32.2. The maximum absolute atomic E-state index is 13.5. The molecule has 40 heavy (non-hydrogen) atoms. The number of carbonyl (C=O) groups excluding carboxylic acids is 3. The Hall–Kier alpha value is -3.11. The molecular formula is C30H39N3O6S. The van der Waals surface area contributed by atoms with E-state index >= 15 is 0 Å². The van der Waals surface area contributed by atoms with Gasteiger partial charge in [0.2, 0.25) is 5.91 Å². The summed E-state index contributed by atoms with van der Waals surface area (Å²) in [5.74, 6) is -0.699. The monoisotopic (exact) mass is 569 g/mol. The number of hydrogen-bond acceptors (Lipinski definition) is 9. The van der Waals surface area contributed by atoms with E-state index in [2.05, 4.69) is 26.0 Å². The fourth-order valence-electron chi connectivity index (χ4n) is 5.23. The molecule has 1 aromatic rings. The van der Waals surface area contributed by atoms with Gasteiger partial charge in [-0.3, -0.25) is 9.59 Å². The van der Waals surface area contributed by atoms with Crippen LogP contribution in [0, 0.1) is 5.92 Å². The molecule has 10 heteroatoms. The quantitative estimate of drug-likeness (QED) is 0.294. The summed E-state index contributed by atoms with van der Waals surface area (Å²) in [6, 6.07) is 7.74. The number of ether oxygens (including phenoxy) is 3. The molecule has 0 spiro atoms. The number of piperidine rings is 1. The van der Waals surface area contributed by atoms with Crippen molar-refractivity contribution in [1.29, 1.82) is 0 Å². The lowest BCUT2D eigenvalue weighted by molar-refractivity contribution is -0.151. The van der Waals surface area contributed by atoms with Crippen LogP contribution in [0.4, 0.5) is 0 Å². The van der Waals surface area contributed by atoms with Crippen molar-refractivity contribution in [3.8, 4) is 0 Å². The Balaban J connectivity index is 1.61. The molecule has 3 heterocycles. The number of hydrogen-bond donors (Lipinski definition) is 0. The van der Waals surface area contributed by atoms with Crippen LogP contribution in [-0.4, -0.2) is 72.8 Å². The highest BCUT2D eigenvalue weighted by molar-refractivity contribution is 8.16. The second-order valence-corrected chi connectivity index (χ2v) is 11.3. The number of methoxy groups -OCH3 is 1. The van der Waals surface area contributed by atoms with Crippen LogP contribution in [0.3, 0.4) is 0 Å². The molecule has 0 bridgehead atoms. The minimum absolute atomic E-state index is 0.0634. The van der Waals surface area contributed by atoms with Crippen LogP contribution in [0.25, 0.3) is 0 Å². The van der Waals surface area contributed by atoms with Crippen molar-refractivity contribution in [3.05, 3.63) is 57.8 Å². The molecule has 9 nitrogen and oxygen atoms in total.